The first-order valence-corrected chi connectivity index (χ1v) is 14.8. The maximum Gasteiger partial charge on any atom is 0.221 e. The smallest absolute Gasteiger partial charge is 0.221 e. The molecule has 0 saturated heterocycles. The summed E-state index contributed by atoms with van der Waals surface area (Å²) >= 11 is 0. The number of amides is 1. The molecule has 0 spiro atoms. The Balaban J connectivity index is 1.59. The van der Waals surface area contributed by atoms with Crippen molar-refractivity contribution in [2.45, 2.75) is 58.6 Å². The van der Waals surface area contributed by atoms with Crippen LogP contribution in [-0.2, 0) is 18.4 Å². The lowest BCUT2D eigenvalue weighted by molar-refractivity contribution is -0.121. The van der Waals surface area contributed by atoms with Gasteiger partial charge in [-0.15, -0.1) is 0 Å². The Morgan fingerprint density at radius 2 is 1.71 bits per heavy atom. The van der Waals surface area contributed by atoms with Crippen LogP contribution in [0.25, 0.3) is 10.9 Å². The van der Waals surface area contributed by atoms with Gasteiger partial charge >= 0.3 is 0 Å². The number of fused-ring (bicyclic) bond motifs is 1. The number of benzene rings is 3. The molecule has 6 nitrogen and oxygen atoms in total. The molecule has 4 aromatic rings. The summed E-state index contributed by atoms with van der Waals surface area (Å²) in [6.07, 6.45) is 4.53. The van der Waals surface area contributed by atoms with Crippen LogP contribution in [0, 0.1) is 0 Å². The molecular formula is C35H45N3O3. The van der Waals surface area contributed by atoms with Crippen molar-refractivity contribution in [1.82, 2.24) is 14.8 Å². The predicted octanol–water partition coefficient (Wildman–Crippen LogP) is 6.91. The number of hydrogen-bond acceptors (Lipinski definition) is 4. The number of para-hydroxylation sites is 1. The van der Waals surface area contributed by atoms with Crippen molar-refractivity contribution in [3.05, 3.63) is 95.7 Å². The van der Waals surface area contributed by atoms with Crippen LogP contribution in [0.4, 0.5) is 0 Å². The van der Waals surface area contributed by atoms with E-state index >= 15 is 0 Å². The molecule has 1 heterocycles. The third-order valence-corrected chi connectivity index (χ3v) is 7.93. The summed E-state index contributed by atoms with van der Waals surface area (Å²) in [4.78, 5) is 15.9. The van der Waals surface area contributed by atoms with Crippen molar-refractivity contribution < 1.29 is 14.3 Å². The molecule has 0 radical (unpaired) electrons. The van der Waals surface area contributed by atoms with E-state index < -0.39 is 0 Å². The summed E-state index contributed by atoms with van der Waals surface area (Å²) in [5.41, 5.74) is 4.38. The number of aromatic nitrogens is 1. The van der Waals surface area contributed by atoms with Crippen LogP contribution in [0.3, 0.4) is 0 Å². The summed E-state index contributed by atoms with van der Waals surface area (Å²) in [5, 5.41) is 4.43. The van der Waals surface area contributed by atoms with Gasteiger partial charge in [0.2, 0.25) is 5.91 Å². The average molecular weight is 556 g/mol. The van der Waals surface area contributed by atoms with Crippen molar-refractivity contribution >= 4 is 16.8 Å². The normalized spacial score (nSPS) is 12.8. The summed E-state index contributed by atoms with van der Waals surface area (Å²) in [6, 6.07) is 24.6. The first-order valence-electron chi connectivity index (χ1n) is 14.8. The van der Waals surface area contributed by atoms with Crippen molar-refractivity contribution in [3.63, 3.8) is 0 Å². The highest BCUT2D eigenvalue weighted by Crippen LogP contribution is 2.38. The quantitative estimate of drug-likeness (QED) is 0.173. The lowest BCUT2D eigenvalue weighted by atomic mass is 9.87. The van der Waals surface area contributed by atoms with E-state index in [-0.39, 0.29) is 17.9 Å². The molecular weight excluding hydrogens is 510 g/mol. The van der Waals surface area contributed by atoms with Crippen LogP contribution in [0.15, 0.2) is 79.0 Å². The number of methoxy groups -OCH3 is 1. The first kappa shape index (κ1) is 30.2. The fourth-order valence-electron chi connectivity index (χ4n) is 5.57. The molecule has 6 heteroatoms. The van der Waals surface area contributed by atoms with Crippen LogP contribution >= 0.6 is 0 Å². The van der Waals surface area contributed by atoms with E-state index in [0.717, 1.165) is 60.1 Å². The van der Waals surface area contributed by atoms with Gasteiger partial charge in [-0.1, -0.05) is 68.4 Å². The van der Waals surface area contributed by atoms with E-state index in [4.69, 9.17) is 9.47 Å². The highest BCUT2D eigenvalue weighted by molar-refractivity contribution is 5.86. The maximum absolute atomic E-state index is 13.5. The number of hydrogen-bond donors (Lipinski definition) is 1. The van der Waals surface area contributed by atoms with E-state index in [1.54, 1.807) is 7.11 Å². The molecule has 2 atom stereocenters. The van der Waals surface area contributed by atoms with E-state index in [1.165, 1.54) is 0 Å². The third kappa shape index (κ3) is 7.92. The van der Waals surface area contributed by atoms with Crippen LogP contribution in [-0.4, -0.2) is 48.2 Å². The predicted molar refractivity (Wildman–Crippen MR) is 168 cm³/mol. The molecule has 1 amide bonds. The van der Waals surface area contributed by atoms with Crippen molar-refractivity contribution in [2.24, 2.45) is 7.05 Å². The monoisotopic (exact) mass is 555 g/mol. The second kappa shape index (κ2) is 14.7. The zero-order valence-corrected chi connectivity index (χ0v) is 25.2. The van der Waals surface area contributed by atoms with Gasteiger partial charge in [-0.25, -0.2) is 0 Å². The van der Waals surface area contributed by atoms with Crippen LogP contribution in [0.2, 0.25) is 0 Å². The Morgan fingerprint density at radius 3 is 2.44 bits per heavy atom. The zero-order chi connectivity index (χ0) is 29.2. The van der Waals surface area contributed by atoms with E-state index in [9.17, 15) is 4.79 Å². The number of ether oxygens (including phenoxy) is 2. The van der Waals surface area contributed by atoms with Gasteiger partial charge in [0.05, 0.1) is 7.11 Å². The molecule has 0 aliphatic heterocycles. The number of nitrogens with one attached hydrogen (secondary N) is 1. The second-order valence-electron chi connectivity index (χ2n) is 10.8. The van der Waals surface area contributed by atoms with E-state index in [0.29, 0.717) is 24.5 Å². The standard InChI is InChI=1S/C35H45N3O3/c1-6-38(7-2)21-13-14-26(3)36-35(39)23-30(31-24-37(4)32-18-12-11-17-29(31)32)28-19-20-33(40-5)34(22-28)41-25-27-15-9-8-10-16-27/h8-12,15-20,22,24,26,30H,6-7,13-14,21,23,25H2,1-5H3,(H,36,39)/t26-,30+/m0/s1. The van der Waals surface area contributed by atoms with Crippen molar-refractivity contribution in [1.29, 1.82) is 0 Å². The number of carbonyl (C=O) groups excluding carboxylic acids is 1. The van der Waals surface area contributed by atoms with E-state index in [2.05, 4.69) is 79.1 Å². The van der Waals surface area contributed by atoms with Crippen LogP contribution < -0.4 is 14.8 Å². The fourth-order valence-corrected chi connectivity index (χ4v) is 5.57. The molecule has 0 fully saturated rings. The molecule has 0 unspecified atom stereocenters. The van der Waals surface area contributed by atoms with Gasteiger partial charge in [0, 0.05) is 42.5 Å². The molecule has 1 N–H and O–H groups in total. The summed E-state index contributed by atoms with van der Waals surface area (Å²) in [7, 11) is 3.71. The van der Waals surface area contributed by atoms with Crippen LogP contribution in [0.1, 0.15) is 62.6 Å². The van der Waals surface area contributed by atoms with Crippen molar-refractivity contribution in [3.8, 4) is 11.5 Å². The highest BCUT2D eigenvalue weighted by atomic mass is 16.5. The van der Waals surface area contributed by atoms with Gasteiger partial charge in [0.15, 0.2) is 11.5 Å². The number of carbonyl (C=O) groups is 1. The number of rotatable bonds is 15. The molecule has 0 saturated carbocycles. The molecule has 218 valence electrons. The summed E-state index contributed by atoms with van der Waals surface area (Å²) < 4.78 is 14.0. The summed E-state index contributed by atoms with van der Waals surface area (Å²) in [5.74, 6) is 1.26. The molecule has 0 aliphatic carbocycles. The minimum atomic E-state index is -0.144. The third-order valence-electron chi connectivity index (χ3n) is 7.93. The van der Waals surface area contributed by atoms with Gasteiger partial charge < -0.3 is 24.3 Å². The SMILES string of the molecule is CCN(CC)CCC[C@H](C)NC(=O)C[C@H](c1ccc(OC)c(OCc2ccccc2)c1)c1cn(C)c2ccccc12. The van der Waals surface area contributed by atoms with Gasteiger partial charge in [0.1, 0.15) is 6.61 Å². The Bertz CT molecular complexity index is 1390. The zero-order valence-electron chi connectivity index (χ0n) is 25.2. The minimum Gasteiger partial charge on any atom is -0.493 e. The molecule has 3 aromatic carbocycles. The fraction of sp³-hybridized carbons (Fsp3) is 0.400. The molecule has 4 rings (SSSR count). The van der Waals surface area contributed by atoms with Gasteiger partial charge in [-0.2, -0.15) is 0 Å². The second-order valence-corrected chi connectivity index (χ2v) is 10.8. The molecule has 0 bridgehead atoms. The van der Waals surface area contributed by atoms with Gasteiger partial charge in [0.25, 0.3) is 0 Å². The van der Waals surface area contributed by atoms with Gasteiger partial charge in [-0.05, 0) is 74.3 Å². The topological polar surface area (TPSA) is 55.7 Å². The lowest BCUT2D eigenvalue weighted by Crippen LogP contribution is -2.34. The Labute approximate surface area is 245 Å². The largest absolute Gasteiger partial charge is 0.493 e. The van der Waals surface area contributed by atoms with E-state index in [1.807, 2.05) is 42.5 Å². The Morgan fingerprint density at radius 1 is 0.976 bits per heavy atom. The number of aryl methyl sites for hydroxylation is 1. The Hall–Kier alpha value is -3.77. The lowest BCUT2D eigenvalue weighted by Gasteiger charge is -2.22. The minimum absolute atomic E-state index is 0.0563. The van der Waals surface area contributed by atoms with Crippen molar-refractivity contribution in [2.75, 3.05) is 26.7 Å². The number of nitrogens with zero attached hydrogens (tertiary/aromatic N) is 2. The average Bonchev–Trinajstić information content (AvgIpc) is 3.33. The molecule has 0 aliphatic rings. The summed E-state index contributed by atoms with van der Waals surface area (Å²) in [6.45, 7) is 10.1. The first-order chi connectivity index (χ1) is 19.9. The maximum atomic E-state index is 13.5. The highest BCUT2D eigenvalue weighted by Gasteiger charge is 2.24. The Kier molecular flexibility index (Phi) is 10.9. The van der Waals surface area contributed by atoms with Crippen LogP contribution in [0.5, 0.6) is 11.5 Å². The van der Waals surface area contributed by atoms with Gasteiger partial charge in [-0.3, -0.25) is 4.79 Å². The molecule has 41 heavy (non-hydrogen) atoms. The molecule has 1 aromatic heterocycles.